The molecular formula is C8H9BClFO4. The quantitative estimate of drug-likeness (QED) is 0.575. The molecule has 4 nitrogen and oxygen atoms in total. The van der Waals surface area contributed by atoms with Crippen LogP contribution in [0, 0.1) is 5.82 Å². The molecule has 1 aromatic rings. The van der Waals surface area contributed by atoms with E-state index in [1.807, 2.05) is 0 Å². The van der Waals surface area contributed by atoms with Gasteiger partial charge < -0.3 is 19.5 Å². The first-order valence-electron chi connectivity index (χ1n) is 4.03. The number of benzene rings is 1. The highest BCUT2D eigenvalue weighted by Gasteiger charge is 2.17. The molecule has 0 radical (unpaired) electrons. The van der Waals surface area contributed by atoms with E-state index in [9.17, 15) is 4.39 Å². The fourth-order valence-corrected chi connectivity index (χ4v) is 1.26. The van der Waals surface area contributed by atoms with Gasteiger partial charge in [0.15, 0.2) is 18.4 Å². The van der Waals surface area contributed by atoms with E-state index in [1.54, 1.807) is 0 Å². The van der Waals surface area contributed by atoms with Gasteiger partial charge in [0.1, 0.15) is 0 Å². The van der Waals surface area contributed by atoms with Crippen molar-refractivity contribution >= 4 is 24.2 Å². The summed E-state index contributed by atoms with van der Waals surface area (Å²) in [4.78, 5) is 0. The van der Waals surface area contributed by atoms with Gasteiger partial charge in [0.2, 0.25) is 0 Å². The second-order valence-corrected chi connectivity index (χ2v) is 3.15. The summed E-state index contributed by atoms with van der Waals surface area (Å²) in [5.41, 5.74) is -0.0396. The molecule has 0 spiro atoms. The molecule has 0 unspecified atom stereocenters. The molecule has 0 aromatic heterocycles. The fourth-order valence-electron chi connectivity index (χ4n) is 0.984. The predicted molar refractivity (Wildman–Crippen MR) is 53.7 cm³/mol. The van der Waals surface area contributed by atoms with Crippen LogP contribution in [-0.2, 0) is 4.74 Å². The van der Waals surface area contributed by atoms with Gasteiger partial charge in [-0.3, -0.25) is 0 Å². The van der Waals surface area contributed by atoms with Gasteiger partial charge in [-0.25, -0.2) is 4.39 Å². The van der Waals surface area contributed by atoms with Crippen LogP contribution >= 0.6 is 11.6 Å². The van der Waals surface area contributed by atoms with Gasteiger partial charge in [0, 0.05) is 7.11 Å². The van der Waals surface area contributed by atoms with E-state index >= 15 is 0 Å². The molecule has 1 aromatic carbocycles. The largest absolute Gasteiger partial charge is 0.488 e. The summed E-state index contributed by atoms with van der Waals surface area (Å²) in [5, 5.41) is 17.6. The summed E-state index contributed by atoms with van der Waals surface area (Å²) in [7, 11) is -0.383. The van der Waals surface area contributed by atoms with Gasteiger partial charge in [0.25, 0.3) is 0 Å². The zero-order chi connectivity index (χ0) is 11.4. The van der Waals surface area contributed by atoms with Crippen LogP contribution in [0.15, 0.2) is 12.1 Å². The Balaban J connectivity index is 2.99. The Morgan fingerprint density at radius 1 is 1.47 bits per heavy atom. The van der Waals surface area contributed by atoms with E-state index in [4.69, 9.17) is 26.4 Å². The Kier molecular flexibility index (Phi) is 4.35. The molecule has 0 aliphatic carbocycles. The third-order valence-corrected chi connectivity index (χ3v) is 1.92. The Morgan fingerprint density at radius 2 is 2.13 bits per heavy atom. The summed E-state index contributed by atoms with van der Waals surface area (Å²) in [5.74, 6) is -0.953. The van der Waals surface area contributed by atoms with Gasteiger partial charge in [-0.15, -0.1) is 0 Å². The molecule has 0 aliphatic rings. The second kappa shape index (κ2) is 5.32. The van der Waals surface area contributed by atoms with Crippen LogP contribution in [0.1, 0.15) is 0 Å². The molecular weight excluding hydrogens is 225 g/mol. The van der Waals surface area contributed by atoms with Gasteiger partial charge in [-0.2, -0.15) is 0 Å². The van der Waals surface area contributed by atoms with Gasteiger partial charge >= 0.3 is 7.12 Å². The molecule has 0 fully saturated rings. The van der Waals surface area contributed by atoms with Crippen LogP contribution in [0.4, 0.5) is 4.39 Å². The van der Waals surface area contributed by atoms with Crippen molar-refractivity contribution in [2.45, 2.75) is 0 Å². The standard InChI is InChI=1S/C8H9BClFO4/c1-14-4-15-8-6(10)2-5(9(12)13)3-7(8)11/h2-3,12-13H,4H2,1H3. The van der Waals surface area contributed by atoms with Crippen LogP contribution in [0.3, 0.4) is 0 Å². The Hall–Kier alpha value is -0.815. The van der Waals surface area contributed by atoms with Crippen molar-refractivity contribution in [3.8, 4) is 5.75 Å². The number of halogens is 2. The first kappa shape index (κ1) is 12.3. The molecule has 0 heterocycles. The number of methoxy groups -OCH3 is 1. The number of rotatable bonds is 4. The van der Waals surface area contributed by atoms with Crippen LogP contribution in [-0.4, -0.2) is 31.1 Å². The topological polar surface area (TPSA) is 58.9 Å². The van der Waals surface area contributed by atoms with Crippen molar-refractivity contribution < 1.29 is 23.9 Å². The number of hydrogen-bond acceptors (Lipinski definition) is 4. The highest BCUT2D eigenvalue weighted by Crippen LogP contribution is 2.26. The Labute approximate surface area is 91.3 Å². The van der Waals surface area contributed by atoms with Crippen molar-refractivity contribution in [1.29, 1.82) is 0 Å². The lowest BCUT2D eigenvalue weighted by molar-refractivity contribution is 0.0484. The third-order valence-electron chi connectivity index (χ3n) is 1.64. The highest BCUT2D eigenvalue weighted by atomic mass is 35.5. The molecule has 15 heavy (non-hydrogen) atoms. The van der Waals surface area contributed by atoms with E-state index in [0.29, 0.717) is 0 Å². The summed E-state index contributed by atoms with van der Waals surface area (Å²) >= 11 is 5.67. The lowest BCUT2D eigenvalue weighted by Crippen LogP contribution is -2.30. The van der Waals surface area contributed by atoms with Crippen molar-refractivity contribution in [1.82, 2.24) is 0 Å². The zero-order valence-electron chi connectivity index (χ0n) is 7.91. The first-order chi connectivity index (χ1) is 7.06. The van der Waals surface area contributed by atoms with E-state index in [2.05, 4.69) is 4.74 Å². The average Bonchev–Trinajstić information content (AvgIpc) is 2.16. The van der Waals surface area contributed by atoms with E-state index in [0.717, 1.165) is 6.07 Å². The Morgan fingerprint density at radius 3 is 2.60 bits per heavy atom. The molecule has 0 bridgehead atoms. The predicted octanol–water partition coefficient (Wildman–Crippen LogP) is 0.142. The normalized spacial score (nSPS) is 10.2. The smallest absolute Gasteiger partial charge is 0.463 e. The maximum absolute atomic E-state index is 13.3. The highest BCUT2D eigenvalue weighted by molar-refractivity contribution is 6.59. The summed E-state index contributed by atoms with van der Waals surface area (Å²) in [6.45, 7) is -0.141. The van der Waals surface area contributed by atoms with Crippen LogP contribution < -0.4 is 10.2 Å². The number of hydrogen-bond donors (Lipinski definition) is 2. The lowest BCUT2D eigenvalue weighted by Gasteiger charge is -2.09. The van der Waals surface area contributed by atoms with Crippen molar-refractivity contribution in [2.24, 2.45) is 0 Å². The summed E-state index contributed by atoms with van der Waals surface area (Å²) in [6.07, 6.45) is 0. The van der Waals surface area contributed by atoms with Gasteiger partial charge in [0.05, 0.1) is 5.02 Å². The molecule has 0 aliphatic heterocycles. The minimum Gasteiger partial charge on any atom is -0.463 e. The summed E-state index contributed by atoms with van der Waals surface area (Å²) < 4.78 is 22.8. The molecule has 0 saturated carbocycles. The van der Waals surface area contributed by atoms with Crippen molar-refractivity contribution in [3.05, 3.63) is 23.0 Å². The minimum atomic E-state index is -1.77. The maximum atomic E-state index is 13.3. The first-order valence-corrected chi connectivity index (χ1v) is 4.41. The van der Waals surface area contributed by atoms with Crippen LogP contribution in [0.2, 0.25) is 5.02 Å². The molecule has 0 amide bonds. The SMILES string of the molecule is COCOc1c(F)cc(B(O)O)cc1Cl. The van der Waals surface area contributed by atoms with E-state index in [1.165, 1.54) is 13.2 Å². The molecule has 0 saturated heterocycles. The maximum Gasteiger partial charge on any atom is 0.488 e. The molecule has 82 valence electrons. The monoisotopic (exact) mass is 234 g/mol. The average molecular weight is 234 g/mol. The second-order valence-electron chi connectivity index (χ2n) is 2.74. The van der Waals surface area contributed by atoms with Crippen molar-refractivity contribution in [3.63, 3.8) is 0 Å². The minimum absolute atomic E-state index is 0.0396. The van der Waals surface area contributed by atoms with Crippen LogP contribution in [0.25, 0.3) is 0 Å². The van der Waals surface area contributed by atoms with E-state index < -0.39 is 12.9 Å². The van der Waals surface area contributed by atoms with E-state index in [-0.39, 0.29) is 23.0 Å². The summed E-state index contributed by atoms with van der Waals surface area (Å²) in [6, 6.07) is 2.14. The van der Waals surface area contributed by atoms with Gasteiger partial charge in [-0.05, 0) is 17.6 Å². The molecule has 2 N–H and O–H groups in total. The molecule has 0 atom stereocenters. The van der Waals surface area contributed by atoms with Crippen molar-refractivity contribution in [2.75, 3.05) is 13.9 Å². The number of ether oxygens (including phenoxy) is 2. The zero-order valence-corrected chi connectivity index (χ0v) is 8.66. The fraction of sp³-hybridized carbons (Fsp3) is 0.250. The third kappa shape index (κ3) is 3.07. The lowest BCUT2D eigenvalue weighted by atomic mass is 9.80. The Bertz CT molecular complexity index is 324. The van der Waals surface area contributed by atoms with Crippen LogP contribution in [0.5, 0.6) is 5.75 Å². The molecule has 7 heteroatoms. The van der Waals surface area contributed by atoms with Gasteiger partial charge in [-0.1, -0.05) is 11.6 Å². The molecule has 1 rings (SSSR count).